The SMILES string of the molecule is COC(=O)CC1CCC(Oc2ccc(C(=O)OCc3ccccc3)c(F)c2)CC1. The van der Waals surface area contributed by atoms with Gasteiger partial charge in [0.05, 0.1) is 18.8 Å². The van der Waals surface area contributed by atoms with Crippen molar-refractivity contribution in [3.8, 4) is 5.75 Å². The molecule has 6 heteroatoms. The maximum Gasteiger partial charge on any atom is 0.341 e. The summed E-state index contributed by atoms with van der Waals surface area (Å²) < 4.78 is 30.2. The van der Waals surface area contributed by atoms with Gasteiger partial charge in [-0.2, -0.15) is 0 Å². The Labute approximate surface area is 169 Å². The zero-order valence-corrected chi connectivity index (χ0v) is 16.4. The lowest BCUT2D eigenvalue weighted by molar-refractivity contribution is -0.142. The van der Waals surface area contributed by atoms with Crippen molar-refractivity contribution in [3.05, 3.63) is 65.5 Å². The first-order valence-electron chi connectivity index (χ1n) is 9.79. The van der Waals surface area contributed by atoms with E-state index in [-0.39, 0.29) is 24.2 Å². The van der Waals surface area contributed by atoms with Crippen molar-refractivity contribution in [1.29, 1.82) is 0 Å². The van der Waals surface area contributed by atoms with E-state index in [4.69, 9.17) is 14.2 Å². The summed E-state index contributed by atoms with van der Waals surface area (Å²) in [5.74, 6) is -0.869. The number of ether oxygens (including phenoxy) is 3. The lowest BCUT2D eigenvalue weighted by atomic mass is 9.85. The van der Waals surface area contributed by atoms with Crippen molar-refractivity contribution in [2.45, 2.75) is 44.8 Å². The van der Waals surface area contributed by atoms with E-state index in [1.165, 1.54) is 19.2 Å². The van der Waals surface area contributed by atoms with E-state index in [0.29, 0.717) is 18.1 Å². The molecule has 5 nitrogen and oxygen atoms in total. The fourth-order valence-corrected chi connectivity index (χ4v) is 3.50. The zero-order valence-electron chi connectivity index (χ0n) is 16.4. The van der Waals surface area contributed by atoms with Gasteiger partial charge >= 0.3 is 11.9 Å². The monoisotopic (exact) mass is 400 g/mol. The van der Waals surface area contributed by atoms with Gasteiger partial charge in [-0.15, -0.1) is 0 Å². The molecule has 3 rings (SSSR count). The largest absolute Gasteiger partial charge is 0.490 e. The van der Waals surface area contributed by atoms with E-state index in [2.05, 4.69) is 0 Å². The number of benzene rings is 2. The summed E-state index contributed by atoms with van der Waals surface area (Å²) in [6.07, 6.45) is 3.73. The Morgan fingerprint density at radius 1 is 1.03 bits per heavy atom. The lowest BCUT2D eigenvalue weighted by Gasteiger charge is -2.28. The van der Waals surface area contributed by atoms with E-state index < -0.39 is 11.8 Å². The summed E-state index contributed by atoms with van der Waals surface area (Å²) in [5.41, 5.74) is 0.721. The maximum atomic E-state index is 14.4. The Morgan fingerprint density at radius 2 is 1.76 bits per heavy atom. The van der Waals surface area contributed by atoms with Gasteiger partial charge in [0.1, 0.15) is 18.2 Å². The van der Waals surface area contributed by atoms with Crippen LogP contribution in [0, 0.1) is 11.7 Å². The van der Waals surface area contributed by atoms with Crippen LogP contribution in [-0.2, 0) is 20.9 Å². The van der Waals surface area contributed by atoms with Crippen LogP contribution in [0.5, 0.6) is 5.75 Å². The smallest absolute Gasteiger partial charge is 0.341 e. The molecule has 1 aliphatic rings. The zero-order chi connectivity index (χ0) is 20.6. The van der Waals surface area contributed by atoms with Gasteiger partial charge in [0.25, 0.3) is 0 Å². The van der Waals surface area contributed by atoms with E-state index in [0.717, 1.165) is 31.2 Å². The summed E-state index contributed by atoms with van der Waals surface area (Å²) in [4.78, 5) is 23.5. The predicted molar refractivity (Wildman–Crippen MR) is 105 cm³/mol. The standard InChI is InChI=1S/C23H25FO5/c1-27-22(25)13-16-7-9-18(10-8-16)29-19-11-12-20(21(24)14-19)23(26)28-15-17-5-3-2-4-6-17/h2-6,11-12,14,16,18H,7-10,13,15H2,1H3. The third-order valence-corrected chi connectivity index (χ3v) is 5.15. The number of rotatable bonds is 7. The van der Waals surface area contributed by atoms with Crippen molar-refractivity contribution in [2.75, 3.05) is 7.11 Å². The molecule has 0 amide bonds. The first kappa shape index (κ1) is 20.8. The van der Waals surface area contributed by atoms with Gasteiger partial charge in [-0.25, -0.2) is 9.18 Å². The molecule has 1 fully saturated rings. The number of carbonyl (C=O) groups excluding carboxylic acids is 2. The van der Waals surface area contributed by atoms with Crippen molar-refractivity contribution in [2.24, 2.45) is 5.92 Å². The molecule has 2 aromatic rings. The second-order valence-corrected chi connectivity index (χ2v) is 7.24. The average molecular weight is 400 g/mol. The molecule has 0 radical (unpaired) electrons. The van der Waals surface area contributed by atoms with E-state index in [1.54, 1.807) is 6.07 Å². The van der Waals surface area contributed by atoms with Gasteiger partial charge in [0.2, 0.25) is 0 Å². The molecule has 0 aliphatic heterocycles. The quantitative estimate of drug-likeness (QED) is 0.632. The van der Waals surface area contributed by atoms with Crippen LogP contribution in [0.1, 0.15) is 48.0 Å². The first-order chi connectivity index (χ1) is 14.0. The first-order valence-corrected chi connectivity index (χ1v) is 9.79. The molecular weight excluding hydrogens is 375 g/mol. The summed E-state index contributed by atoms with van der Waals surface area (Å²) in [7, 11) is 1.40. The number of methoxy groups -OCH3 is 1. The molecule has 0 N–H and O–H groups in total. The van der Waals surface area contributed by atoms with Gasteiger partial charge in [-0.1, -0.05) is 30.3 Å². The van der Waals surface area contributed by atoms with Crippen LogP contribution < -0.4 is 4.74 Å². The highest BCUT2D eigenvalue weighted by molar-refractivity contribution is 5.89. The Balaban J connectivity index is 1.50. The lowest BCUT2D eigenvalue weighted by Crippen LogP contribution is -2.25. The van der Waals surface area contributed by atoms with Crippen LogP contribution in [0.15, 0.2) is 48.5 Å². The molecular formula is C23H25FO5. The fourth-order valence-electron chi connectivity index (χ4n) is 3.50. The Kier molecular flexibility index (Phi) is 7.22. The third-order valence-electron chi connectivity index (χ3n) is 5.15. The number of esters is 2. The summed E-state index contributed by atoms with van der Waals surface area (Å²) in [6.45, 7) is 0.0895. The predicted octanol–water partition coefficient (Wildman–Crippen LogP) is 4.68. The fraction of sp³-hybridized carbons (Fsp3) is 0.391. The highest BCUT2D eigenvalue weighted by atomic mass is 19.1. The van der Waals surface area contributed by atoms with Gasteiger partial charge in [0, 0.05) is 12.5 Å². The second kappa shape index (κ2) is 10.0. The van der Waals surface area contributed by atoms with Crippen molar-refractivity contribution >= 4 is 11.9 Å². The van der Waals surface area contributed by atoms with Gasteiger partial charge < -0.3 is 14.2 Å². The minimum absolute atomic E-state index is 0.0285. The second-order valence-electron chi connectivity index (χ2n) is 7.24. The molecule has 0 aromatic heterocycles. The summed E-state index contributed by atoms with van der Waals surface area (Å²) >= 11 is 0. The van der Waals surface area contributed by atoms with Crippen LogP contribution in [0.4, 0.5) is 4.39 Å². The minimum atomic E-state index is -0.707. The molecule has 29 heavy (non-hydrogen) atoms. The van der Waals surface area contributed by atoms with Gasteiger partial charge in [-0.05, 0) is 49.3 Å². The number of carbonyl (C=O) groups is 2. The van der Waals surface area contributed by atoms with E-state index in [9.17, 15) is 14.0 Å². The minimum Gasteiger partial charge on any atom is -0.490 e. The van der Waals surface area contributed by atoms with Crippen LogP contribution >= 0.6 is 0 Å². The van der Waals surface area contributed by atoms with Gasteiger partial charge in [0.15, 0.2) is 0 Å². The maximum absolute atomic E-state index is 14.4. The molecule has 0 saturated heterocycles. The molecule has 0 atom stereocenters. The highest BCUT2D eigenvalue weighted by Gasteiger charge is 2.25. The van der Waals surface area contributed by atoms with E-state index in [1.807, 2.05) is 30.3 Å². The van der Waals surface area contributed by atoms with Gasteiger partial charge in [-0.3, -0.25) is 4.79 Å². The molecule has 0 spiro atoms. The highest BCUT2D eigenvalue weighted by Crippen LogP contribution is 2.30. The summed E-state index contributed by atoms with van der Waals surface area (Å²) in [5, 5.41) is 0. The average Bonchev–Trinajstić information content (AvgIpc) is 2.74. The van der Waals surface area contributed by atoms with E-state index >= 15 is 0 Å². The molecule has 2 aromatic carbocycles. The number of halogens is 1. The van der Waals surface area contributed by atoms with Crippen LogP contribution in [0.2, 0.25) is 0 Å². The van der Waals surface area contributed by atoms with Crippen LogP contribution in [0.25, 0.3) is 0 Å². The number of hydrogen-bond acceptors (Lipinski definition) is 5. The van der Waals surface area contributed by atoms with Crippen molar-refractivity contribution in [1.82, 2.24) is 0 Å². The molecule has 1 aliphatic carbocycles. The molecule has 154 valence electrons. The Bertz CT molecular complexity index is 828. The van der Waals surface area contributed by atoms with Crippen LogP contribution in [0.3, 0.4) is 0 Å². The molecule has 0 unspecified atom stereocenters. The van der Waals surface area contributed by atoms with Crippen molar-refractivity contribution in [3.63, 3.8) is 0 Å². The Morgan fingerprint density at radius 3 is 2.41 bits per heavy atom. The molecule has 0 bridgehead atoms. The topological polar surface area (TPSA) is 61.8 Å². The normalized spacial score (nSPS) is 18.7. The molecule has 0 heterocycles. The van der Waals surface area contributed by atoms with Crippen molar-refractivity contribution < 1.29 is 28.2 Å². The number of hydrogen-bond donors (Lipinski definition) is 0. The van der Waals surface area contributed by atoms with Crippen LogP contribution in [-0.4, -0.2) is 25.2 Å². The molecule has 1 saturated carbocycles. The third kappa shape index (κ3) is 6.04. The summed E-state index contributed by atoms with van der Waals surface area (Å²) in [6, 6.07) is 13.4. The Hall–Kier alpha value is -2.89.